The van der Waals surface area contributed by atoms with Crippen LogP contribution in [0.1, 0.15) is 75.8 Å². The van der Waals surface area contributed by atoms with Crippen LogP contribution in [0.25, 0.3) is 0 Å². The van der Waals surface area contributed by atoms with Crippen molar-refractivity contribution in [3.63, 3.8) is 0 Å². The van der Waals surface area contributed by atoms with Gasteiger partial charge in [-0.3, -0.25) is 19.5 Å². The molecule has 4 aliphatic rings. The summed E-state index contributed by atoms with van der Waals surface area (Å²) >= 11 is 7.72. The van der Waals surface area contributed by atoms with Gasteiger partial charge in [-0.15, -0.1) is 11.3 Å². The predicted molar refractivity (Wildman–Crippen MR) is 142 cm³/mol. The average molecular weight is 515 g/mol. The number of carbonyl (C=O) groups excluding carboxylic acids is 2. The highest BCUT2D eigenvalue weighted by atomic mass is 35.5. The van der Waals surface area contributed by atoms with Gasteiger partial charge in [0, 0.05) is 16.6 Å². The molecule has 0 aliphatic heterocycles. The van der Waals surface area contributed by atoms with Gasteiger partial charge in [-0.25, -0.2) is 0 Å². The van der Waals surface area contributed by atoms with Crippen LogP contribution in [0.3, 0.4) is 0 Å². The summed E-state index contributed by atoms with van der Waals surface area (Å²) in [7, 11) is 0. The van der Waals surface area contributed by atoms with E-state index in [0.717, 1.165) is 72.1 Å². The topological polar surface area (TPSA) is 74.3 Å². The molecule has 1 atom stereocenters. The van der Waals surface area contributed by atoms with Crippen molar-refractivity contribution >= 4 is 45.9 Å². The minimum Gasteiger partial charge on any atom is -0.374 e. The number of pyridine rings is 1. The Hall–Kier alpha value is -2.12. The molecule has 4 aliphatic carbocycles. The van der Waals surface area contributed by atoms with E-state index in [2.05, 4.69) is 29.5 Å². The molecule has 4 saturated carbocycles. The fourth-order valence-corrected chi connectivity index (χ4v) is 7.24. The summed E-state index contributed by atoms with van der Waals surface area (Å²) in [5.41, 5.74) is 1.33. The zero-order valence-corrected chi connectivity index (χ0v) is 22.3. The molecule has 0 radical (unpaired) electrons. The van der Waals surface area contributed by atoms with Crippen molar-refractivity contribution in [2.45, 2.75) is 89.3 Å². The third-order valence-corrected chi connectivity index (χ3v) is 9.80. The molecule has 0 saturated heterocycles. The number of anilines is 2. The molecular formula is C27H35ClN4O2S. The Bertz CT molecular complexity index is 1090. The summed E-state index contributed by atoms with van der Waals surface area (Å²) < 4.78 is 0. The highest BCUT2D eigenvalue weighted by molar-refractivity contribution is 7.16. The molecule has 2 amide bonds. The zero-order valence-electron chi connectivity index (χ0n) is 20.8. The second-order valence-electron chi connectivity index (χ2n) is 11.3. The molecule has 2 N–H and O–H groups in total. The lowest BCUT2D eigenvalue weighted by atomic mass is 9.50. The van der Waals surface area contributed by atoms with Crippen LogP contribution in [0, 0.1) is 18.8 Å². The number of aryl methyl sites for hydroxylation is 1. The Kier molecular flexibility index (Phi) is 6.60. The van der Waals surface area contributed by atoms with Crippen LogP contribution >= 0.6 is 22.9 Å². The minimum atomic E-state index is -0.466. The number of carbonyl (C=O) groups is 2. The lowest BCUT2D eigenvalue weighted by molar-refractivity contribution is -0.135. The van der Waals surface area contributed by atoms with Gasteiger partial charge in [-0.2, -0.15) is 0 Å². The van der Waals surface area contributed by atoms with Crippen molar-refractivity contribution in [3.8, 4) is 0 Å². The first-order valence-electron chi connectivity index (χ1n) is 12.7. The van der Waals surface area contributed by atoms with Crippen LogP contribution in [0.5, 0.6) is 0 Å². The van der Waals surface area contributed by atoms with Crippen LogP contribution in [-0.2, 0) is 15.1 Å². The lowest BCUT2D eigenvalue weighted by Crippen LogP contribution is -2.70. The number of aromatic nitrogens is 1. The van der Waals surface area contributed by atoms with Gasteiger partial charge >= 0.3 is 0 Å². The zero-order chi connectivity index (χ0) is 24.8. The molecule has 6 nitrogen and oxygen atoms in total. The van der Waals surface area contributed by atoms with Crippen LogP contribution < -0.4 is 15.5 Å². The first-order chi connectivity index (χ1) is 16.7. The van der Waals surface area contributed by atoms with E-state index >= 15 is 0 Å². The van der Waals surface area contributed by atoms with Gasteiger partial charge in [-0.05, 0) is 76.5 Å². The van der Waals surface area contributed by atoms with Crippen molar-refractivity contribution in [1.29, 1.82) is 0 Å². The van der Waals surface area contributed by atoms with E-state index in [1.165, 1.54) is 12.8 Å². The number of hydrogen-bond donors (Lipinski definition) is 2. The molecule has 0 aromatic carbocycles. The highest BCUT2D eigenvalue weighted by Gasteiger charge is 2.58. The van der Waals surface area contributed by atoms with E-state index in [4.69, 9.17) is 11.6 Å². The smallest absolute Gasteiger partial charge is 0.243 e. The molecule has 2 aromatic rings. The van der Waals surface area contributed by atoms with Gasteiger partial charge in [0.15, 0.2) is 0 Å². The van der Waals surface area contributed by atoms with Gasteiger partial charge in [0.05, 0.1) is 26.9 Å². The molecule has 188 valence electrons. The molecule has 2 bridgehead atoms. The van der Waals surface area contributed by atoms with E-state index in [-0.39, 0.29) is 11.4 Å². The molecular weight excluding hydrogens is 480 g/mol. The number of nitrogens with one attached hydrogen (secondary N) is 2. The van der Waals surface area contributed by atoms with Gasteiger partial charge in [0.2, 0.25) is 12.3 Å². The number of amides is 2. The van der Waals surface area contributed by atoms with Gasteiger partial charge in [0.1, 0.15) is 6.04 Å². The van der Waals surface area contributed by atoms with E-state index in [1.807, 2.05) is 25.1 Å². The van der Waals surface area contributed by atoms with Crippen LogP contribution in [0.4, 0.5) is 10.7 Å². The van der Waals surface area contributed by atoms with Crippen molar-refractivity contribution in [3.05, 3.63) is 40.0 Å². The summed E-state index contributed by atoms with van der Waals surface area (Å²) in [6.45, 7) is 6.14. The normalized spacial score (nSPS) is 24.3. The van der Waals surface area contributed by atoms with Crippen LogP contribution in [0.15, 0.2) is 24.4 Å². The summed E-state index contributed by atoms with van der Waals surface area (Å²) in [4.78, 5) is 33.0. The van der Waals surface area contributed by atoms with Gasteiger partial charge < -0.3 is 10.6 Å². The van der Waals surface area contributed by atoms with E-state index in [9.17, 15) is 9.59 Å². The molecule has 2 heterocycles. The summed E-state index contributed by atoms with van der Waals surface area (Å²) in [5.74, 6) is 1.30. The Balaban J connectivity index is 1.36. The monoisotopic (exact) mass is 514 g/mol. The maximum absolute atomic E-state index is 13.5. The largest absolute Gasteiger partial charge is 0.374 e. The highest BCUT2D eigenvalue weighted by Crippen LogP contribution is 2.57. The molecule has 35 heavy (non-hydrogen) atoms. The third kappa shape index (κ3) is 4.94. The Morgan fingerprint density at radius 1 is 1.31 bits per heavy atom. The first-order valence-corrected chi connectivity index (χ1v) is 13.9. The molecule has 6 rings (SSSR count). The molecule has 0 spiro atoms. The average Bonchev–Trinajstić information content (AvgIpc) is 3.45. The summed E-state index contributed by atoms with van der Waals surface area (Å²) in [6, 6.07) is 5.43. The number of halogens is 1. The van der Waals surface area contributed by atoms with Crippen LogP contribution in [0.2, 0.25) is 5.02 Å². The Morgan fingerprint density at radius 2 is 2.03 bits per heavy atom. The first kappa shape index (κ1) is 24.6. The quantitative estimate of drug-likeness (QED) is 0.379. The Morgan fingerprint density at radius 3 is 2.66 bits per heavy atom. The maximum Gasteiger partial charge on any atom is 0.243 e. The fraction of sp³-hybridized carbons (Fsp3) is 0.593. The van der Waals surface area contributed by atoms with Gasteiger partial charge in [-0.1, -0.05) is 37.3 Å². The van der Waals surface area contributed by atoms with Crippen molar-refractivity contribution in [2.24, 2.45) is 11.8 Å². The predicted octanol–water partition coefficient (Wildman–Crippen LogP) is 6.03. The number of thiophene rings is 1. The van der Waals surface area contributed by atoms with Crippen molar-refractivity contribution in [1.82, 2.24) is 10.3 Å². The number of hydrogen-bond acceptors (Lipinski definition) is 5. The van der Waals surface area contributed by atoms with E-state index in [1.54, 1.807) is 22.4 Å². The number of rotatable bonds is 10. The number of nitrogens with zero attached hydrogens (tertiary/aromatic N) is 2. The minimum absolute atomic E-state index is 0.000392. The molecule has 0 unspecified atom stereocenters. The standard InChI is InChI=1S/C27H35ClN4O2S/c1-17-21(11-20(28)15-29-17)30-26(2,3)23-8-9-24(35-23)32(16-33)22(10-18-6-4-5-7-18)25(34)31-27-12-19(13-27)14-27/h8-9,11,15-16,18-19,22,30H,4-7,10,12-14H2,1-3H3,(H,31,34)/t19?,22-,27?/m0/s1. The van der Waals surface area contributed by atoms with Gasteiger partial charge in [0.25, 0.3) is 0 Å². The van der Waals surface area contributed by atoms with E-state index < -0.39 is 11.6 Å². The lowest BCUT2D eigenvalue weighted by Gasteiger charge is -2.62. The SMILES string of the molecule is Cc1ncc(Cl)cc1NC(C)(C)c1ccc(N(C=O)[C@@H](CC2CCCC2)C(=O)NC23CC(C2)C3)s1. The third-order valence-electron chi connectivity index (χ3n) is 8.17. The molecule has 2 aromatic heterocycles. The second kappa shape index (κ2) is 9.40. The second-order valence-corrected chi connectivity index (χ2v) is 12.8. The maximum atomic E-state index is 13.5. The Labute approximate surface area is 216 Å². The summed E-state index contributed by atoms with van der Waals surface area (Å²) in [6.07, 6.45) is 11.2. The molecule has 8 heteroatoms. The van der Waals surface area contributed by atoms with Crippen molar-refractivity contribution in [2.75, 3.05) is 10.2 Å². The summed E-state index contributed by atoms with van der Waals surface area (Å²) in [5, 5.41) is 8.27. The molecule has 4 fully saturated rings. The fourth-order valence-electron chi connectivity index (χ4n) is 6.00. The van der Waals surface area contributed by atoms with E-state index in [0.29, 0.717) is 10.9 Å². The van der Waals surface area contributed by atoms with Crippen molar-refractivity contribution < 1.29 is 9.59 Å². The van der Waals surface area contributed by atoms with Crippen LogP contribution in [-0.4, -0.2) is 28.9 Å².